The fourth-order valence-electron chi connectivity index (χ4n) is 3.63. The van der Waals surface area contributed by atoms with Gasteiger partial charge >= 0.3 is 5.97 Å². The highest BCUT2D eigenvalue weighted by atomic mass is 16.5. The summed E-state index contributed by atoms with van der Waals surface area (Å²) in [6.07, 6.45) is 1.99. The minimum atomic E-state index is -0.974. The van der Waals surface area contributed by atoms with Crippen LogP contribution in [-0.2, 0) is 6.42 Å². The van der Waals surface area contributed by atoms with Crippen LogP contribution < -0.4 is 4.74 Å². The number of benzene rings is 2. The number of carboxylic acids is 1. The summed E-state index contributed by atoms with van der Waals surface area (Å²) in [5.74, 6) is 0.777. The number of rotatable bonds is 9. The topological polar surface area (TPSA) is 92.8 Å². The predicted molar refractivity (Wildman–Crippen MR) is 124 cm³/mol. The van der Waals surface area contributed by atoms with E-state index in [0.29, 0.717) is 29.3 Å². The van der Waals surface area contributed by atoms with Crippen molar-refractivity contribution in [3.05, 3.63) is 59.0 Å². The maximum Gasteiger partial charge on any atom is 0.335 e. The highest BCUT2D eigenvalue weighted by Gasteiger charge is 2.23. The first-order valence-electron chi connectivity index (χ1n) is 11.1. The molecule has 0 saturated heterocycles. The van der Waals surface area contributed by atoms with E-state index in [-0.39, 0.29) is 17.6 Å². The first-order valence-corrected chi connectivity index (χ1v) is 11.1. The molecule has 0 spiro atoms. The molecular formula is C26H33NO5. The van der Waals surface area contributed by atoms with Gasteiger partial charge in [-0.2, -0.15) is 0 Å². The van der Waals surface area contributed by atoms with Gasteiger partial charge in [-0.1, -0.05) is 39.8 Å². The Labute approximate surface area is 189 Å². The van der Waals surface area contributed by atoms with Gasteiger partial charge in [-0.25, -0.2) is 9.78 Å². The van der Waals surface area contributed by atoms with Gasteiger partial charge in [-0.15, -0.1) is 0 Å². The van der Waals surface area contributed by atoms with Crippen LogP contribution in [0.25, 0.3) is 11.1 Å². The molecule has 0 saturated carbocycles. The number of hydrogen-bond donors (Lipinski definition) is 2. The third kappa shape index (κ3) is 5.68. The largest absolute Gasteiger partial charge is 0.491 e. The maximum atomic E-state index is 11.2. The number of ether oxygens (including phenoxy) is 1. The molecular weight excluding hydrogens is 406 g/mol. The van der Waals surface area contributed by atoms with Gasteiger partial charge < -0.3 is 19.4 Å². The number of carbonyl (C=O) groups is 1. The minimum absolute atomic E-state index is 0.205. The Kier molecular flexibility index (Phi) is 7.24. The highest BCUT2D eigenvalue weighted by molar-refractivity contribution is 5.91. The van der Waals surface area contributed by atoms with E-state index in [1.807, 2.05) is 33.8 Å². The number of aromatic nitrogens is 1. The number of carboxylic acid groups (broad SMARTS) is 1. The zero-order valence-corrected chi connectivity index (χ0v) is 19.5. The SMILES string of the molecule is CCC(CCc1nc2cc(C(=O)O)ccc2o1)c1ccc(OCC(O)C(C)(C)C)c(C)c1. The summed E-state index contributed by atoms with van der Waals surface area (Å²) in [7, 11) is 0. The minimum Gasteiger partial charge on any atom is -0.491 e. The Morgan fingerprint density at radius 3 is 2.56 bits per heavy atom. The summed E-state index contributed by atoms with van der Waals surface area (Å²) in [4.78, 5) is 15.6. The van der Waals surface area contributed by atoms with Gasteiger partial charge in [-0.3, -0.25) is 0 Å². The molecule has 2 aromatic carbocycles. The Hall–Kier alpha value is -2.86. The van der Waals surface area contributed by atoms with Crippen molar-refractivity contribution >= 4 is 17.1 Å². The summed E-state index contributed by atoms with van der Waals surface area (Å²) in [5.41, 5.74) is 3.44. The van der Waals surface area contributed by atoms with Gasteiger partial charge in [0.2, 0.25) is 0 Å². The molecule has 0 amide bonds. The van der Waals surface area contributed by atoms with Crippen molar-refractivity contribution < 1.29 is 24.2 Å². The zero-order chi connectivity index (χ0) is 23.5. The Morgan fingerprint density at radius 1 is 1.19 bits per heavy atom. The lowest BCUT2D eigenvalue weighted by atomic mass is 9.89. The molecule has 3 aromatic rings. The van der Waals surface area contributed by atoms with Crippen molar-refractivity contribution in [1.82, 2.24) is 4.98 Å². The molecule has 2 atom stereocenters. The average Bonchev–Trinajstić information content (AvgIpc) is 3.14. The quantitative estimate of drug-likeness (QED) is 0.441. The van der Waals surface area contributed by atoms with Crippen LogP contribution in [0.3, 0.4) is 0 Å². The Balaban J connectivity index is 1.66. The molecule has 6 heteroatoms. The van der Waals surface area contributed by atoms with Crippen molar-refractivity contribution in [3.63, 3.8) is 0 Å². The number of aliphatic hydroxyl groups is 1. The molecule has 32 heavy (non-hydrogen) atoms. The van der Waals surface area contributed by atoms with Crippen LogP contribution in [-0.4, -0.2) is 33.9 Å². The third-order valence-electron chi connectivity index (χ3n) is 5.95. The van der Waals surface area contributed by atoms with E-state index in [9.17, 15) is 9.90 Å². The smallest absolute Gasteiger partial charge is 0.335 e. The monoisotopic (exact) mass is 439 g/mol. The zero-order valence-electron chi connectivity index (χ0n) is 19.5. The number of aliphatic hydroxyl groups excluding tert-OH is 1. The molecule has 2 N–H and O–H groups in total. The highest BCUT2D eigenvalue weighted by Crippen LogP contribution is 2.30. The van der Waals surface area contributed by atoms with E-state index < -0.39 is 12.1 Å². The van der Waals surface area contributed by atoms with Crippen molar-refractivity contribution in [1.29, 1.82) is 0 Å². The maximum absolute atomic E-state index is 11.2. The van der Waals surface area contributed by atoms with Gasteiger partial charge in [-0.05, 0) is 66.5 Å². The van der Waals surface area contributed by atoms with Gasteiger partial charge in [0.05, 0.1) is 11.7 Å². The fraction of sp³-hybridized carbons (Fsp3) is 0.462. The van der Waals surface area contributed by atoms with E-state index >= 15 is 0 Å². The molecule has 172 valence electrons. The molecule has 2 unspecified atom stereocenters. The Bertz CT molecular complexity index is 1080. The molecule has 6 nitrogen and oxygen atoms in total. The molecule has 0 fully saturated rings. The first kappa shape index (κ1) is 23.8. The normalized spacial score (nSPS) is 13.8. The van der Waals surface area contributed by atoms with E-state index in [4.69, 9.17) is 14.3 Å². The fourth-order valence-corrected chi connectivity index (χ4v) is 3.63. The van der Waals surface area contributed by atoms with Gasteiger partial charge in [0.15, 0.2) is 11.5 Å². The third-order valence-corrected chi connectivity index (χ3v) is 5.95. The van der Waals surface area contributed by atoms with Crippen molar-refractivity contribution in [2.75, 3.05) is 6.61 Å². The van der Waals surface area contributed by atoms with Crippen LogP contribution in [0.5, 0.6) is 5.75 Å². The Morgan fingerprint density at radius 2 is 1.94 bits per heavy atom. The summed E-state index contributed by atoms with van der Waals surface area (Å²) in [6.45, 7) is 10.4. The van der Waals surface area contributed by atoms with E-state index in [2.05, 4.69) is 24.0 Å². The predicted octanol–water partition coefficient (Wildman–Crippen LogP) is 5.75. The second kappa shape index (κ2) is 9.74. The second-order valence-electron chi connectivity index (χ2n) is 9.46. The van der Waals surface area contributed by atoms with Crippen molar-refractivity contribution in [3.8, 4) is 5.75 Å². The van der Waals surface area contributed by atoms with Gasteiger partial charge in [0.1, 0.15) is 17.9 Å². The molecule has 0 aliphatic carbocycles. The first-order chi connectivity index (χ1) is 15.1. The van der Waals surface area contributed by atoms with E-state index in [0.717, 1.165) is 24.2 Å². The number of nitrogens with zero attached hydrogens (tertiary/aromatic N) is 1. The van der Waals surface area contributed by atoms with Gasteiger partial charge in [0, 0.05) is 6.42 Å². The molecule has 0 aliphatic rings. The number of hydrogen-bond acceptors (Lipinski definition) is 5. The molecule has 0 bridgehead atoms. The van der Waals surface area contributed by atoms with E-state index in [1.165, 1.54) is 11.6 Å². The average molecular weight is 440 g/mol. The van der Waals surface area contributed by atoms with Crippen molar-refractivity contribution in [2.45, 2.75) is 65.9 Å². The summed E-state index contributed by atoms with van der Waals surface area (Å²) >= 11 is 0. The van der Waals surface area contributed by atoms with Crippen LogP contribution in [0.1, 0.15) is 73.8 Å². The lowest BCUT2D eigenvalue weighted by Crippen LogP contribution is -2.32. The van der Waals surface area contributed by atoms with Crippen LogP contribution in [0.2, 0.25) is 0 Å². The molecule has 1 aromatic heterocycles. The standard InChI is InChI=1S/C26H33NO5/c1-6-17(9-12-24-27-20-14-19(25(29)30)8-11-22(20)32-24)18-7-10-21(16(2)13-18)31-15-23(28)26(3,4)5/h7-8,10-11,13-14,17,23,28H,6,9,12,15H2,1-5H3,(H,29,30). The molecule has 1 heterocycles. The lowest BCUT2D eigenvalue weighted by molar-refractivity contribution is 0.0216. The van der Waals surface area contributed by atoms with E-state index in [1.54, 1.807) is 12.1 Å². The molecule has 0 radical (unpaired) electrons. The number of oxazole rings is 1. The van der Waals surface area contributed by atoms with Gasteiger partial charge in [0.25, 0.3) is 0 Å². The molecule has 3 rings (SSSR count). The lowest BCUT2D eigenvalue weighted by Gasteiger charge is -2.26. The number of aryl methyl sites for hydroxylation is 2. The van der Waals surface area contributed by atoms with Crippen LogP contribution in [0.15, 0.2) is 40.8 Å². The van der Waals surface area contributed by atoms with Crippen LogP contribution >= 0.6 is 0 Å². The van der Waals surface area contributed by atoms with Crippen molar-refractivity contribution in [2.24, 2.45) is 5.41 Å². The number of fused-ring (bicyclic) bond motifs is 1. The van der Waals surface area contributed by atoms with Crippen LogP contribution in [0.4, 0.5) is 0 Å². The molecule has 0 aliphatic heterocycles. The summed E-state index contributed by atoms with van der Waals surface area (Å²) in [5, 5.41) is 19.4. The summed E-state index contributed by atoms with van der Waals surface area (Å²) < 4.78 is 11.7. The summed E-state index contributed by atoms with van der Waals surface area (Å²) in [6, 6.07) is 11.0. The van der Waals surface area contributed by atoms with Crippen LogP contribution in [0, 0.1) is 12.3 Å². The second-order valence-corrected chi connectivity index (χ2v) is 9.46. The number of aromatic carboxylic acids is 1.